The molecule has 1 aliphatic rings. The summed E-state index contributed by atoms with van der Waals surface area (Å²) in [5, 5.41) is 0. The number of benzene rings is 7. The van der Waals surface area contributed by atoms with Gasteiger partial charge < -0.3 is 0 Å². The molecule has 1 aromatic heterocycles. The molecule has 3 nitrogen and oxygen atoms in total. The van der Waals surface area contributed by atoms with E-state index in [0.717, 1.165) is 33.4 Å². The van der Waals surface area contributed by atoms with Gasteiger partial charge in [0.15, 0.2) is 17.5 Å². The van der Waals surface area contributed by atoms with Gasteiger partial charge in [-0.1, -0.05) is 182 Å². The second-order valence-electron chi connectivity index (χ2n) is 12.5. The highest BCUT2D eigenvalue weighted by Crippen LogP contribution is 2.39. The maximum atomic E-state index is 5.02. The first-order valence-corrected chi connectivity index (χ1v) is 17.8. The van der Waals surface area contributed by atoms with E-state index in [1.165, 1.54) is 37.6 Å². The molecule has 9 rings (SSSR count). The molecule has 1 aliphatic heterocycles. The zero-order chi connectivity index (χ0) is 34.0. The van der Waals surface area contributed by atoms with Crippen LogP contribution in [0.5, 0.6) is 0 Å². The Morgan fingerprint density at radius 3 is 1.14 bits per heavy atom. The van der Waals surface area contributed by atoms with Gasteiger partial charge in [-0.25, -0.2) is 15.0 Å². The van der Waals surface area contributed by atoms with Crippen LogP contribution in [0.3, 0.4) is 0 Å². The average Bonchev–Trinajstić information content (AvgIpc) is 3.41. The molecule has 0 N–H and O–H groups in total. The summed E-state index contributed by atoms with van der Waals surface area (Å²) in [6.45, 7) is 0. The fourth-order valence-corrected chi connectivity index (χ4v) is 7.44. The fourth-order valence-electron chi connectivity index (χ4n) is 6.42. The fraction of sp³-hybridized carbons (Fsp3) is 0. The van der Waals surface area contributed by atoms with Crippen molar-refractivity contribution >= 4 is 23.9 Å². The lowest BCUT2D eigenvalue weighted by Crippen LogP contribution is -2.00. The van der Waals surface area contributed by atoms with Gasteiger partial charge in [0.1, 0.15) is 0 Å². The number of fused-ring (bicyclic) bond motifs is 2. The topological polar surface area (TPSA) is 38.7 Å². The highest BCUT2D eigenvalue weighted by molar-refractivity contribution is 7.99. The molecule has 0 saturated carbocycles. The van der Waals surface area contributed by atoms with Gasteiger partial charge in [-0.15, -0.1) is 0 Å². The van der Waals surface area contributed by atoms with Crippen molar-refractivity contribution in [2.24, 2.45) is 0 Å². The molecule has 51 heavy (non-hydrogen) atoms. The van der Waals surface area contributed by atoms with E-state index < -0.39 is 0 Å². The van der Waals surface area contributed by atoms with Crippen molar-refractivity contribution in [3.63, 3.8) is 0 Å². The van der Waals surface area contributed by atoms with Gasteiger partial charge in [-0.05, 0) is 62.7 Å². The highest BCUT2D eigenvalue weighted by atomic mass is 32.2. The predicted octanol–water partition coefficient (Wildman–Crippen LogP) is 12.5. The van der Waals surface area contributed by atoms with E-state index in [-0.39, 0.29) is 0 Å². The SMILES string of the molecule is C1=Cc2cc(-c3ccc(-c4nc(-c5ccc(-c6ccccc6)cc5)nc(-c5ccc(-c6ccccc6)cc5)n4)cc3)ccc2Sc2ccccc21. The van der Waals surface area contributed by atoms with Crippen molar-refractivity contribution in [2.75, 3.05) is 0 Å². The van der Waals surface area contributed by atoms with Crippen molar-refractivity contribution in [2.45, 2.75) is 9.79 Å². The Balaban J connectivity index is 1.07. The zero-order valence-electron chi connectivity index (χ0n) is 27.6. The van der Waals surface area contributed by atoms with Gasteiger partial charge in [0.05, 0.1) is 0 Å². The first-order chi connectivity index (χ1) is 25.2. The molecule has 0 atom stereocenters. The van der Waals surface area contributed by atoms with Crippen molar-refractivity contribution < 1.29 is 0 Å². The van der Waals surface area contributed by atoms with E-state index in [1.54, 1.807) is 0 Å². The molecule has 4 heteroatoms. The summed E-state index contributed by atoms with van der Waals surface area (Å²) in [4.78, 5) is 17.6. The summed E-state index contributed by atoms with van der Waals surface area (Å²) in [7, 11) is 0. The third kappa shape index (κ3) is 6.41. The lowest BCUT2D eigenvalue weighted by molar-refractivity contribution is 1.07. The largest absolute Gasteiger partial charge is 0.208 e. The molecular formula is C47H31N3S. The Kier molecular flexibility index (Phi) is 8.13. The number of aromatic nitrogens is 3. The van der Waals surface area contributed by atoms with Crippen LogP contribution >= 0.6 is 11.8 Å². The molecule has 240 valence electrons. The monoisotopic (exact) mass is 669 g/mol. The lowest BCUT2D eigenvalue weighted by atomic mass is 10.0. The van der Waals surface area contributed by atoms with Crippen LogP contribution in [0.1, 0.15) is 11.1 Å². The number of hydrogen-bond donors (Lipinski definition) is 0. The summed E-state index contributed by atoms with van der Waals surface area (Å²) in [6, 6.07) is 61.5. The number of hydrogen-bond acceptors (Lipinski definition) is 4. The molecule has 8 aromatic rings. The molecule has 0 fully saturated rings. The smallest absolute Gasteiger partial charge is 0.164 e. The minimum Gasteiger partial charge on any atom is -0.208 e. The molecule has 0 amide bonds. The lowest BCUT2D eigenvalue weighted by Gasteiger charge is -2.11. The van der Waals surface area contributed by atoms with Crippen LogP contribution in [0.4, 0.5) is 0 Å². The van der Waals surface area contributed by atoms with Gasteiger partial charge in [-0.2, -0.15) is 0 Å². The Hall–Kier alpha value is -6.36. The average molecular weight is 670 g/mol. The number of rotatable bonds is 6. The molecule has 0 spiro atoms. The highest BCUT2D eigenvalue weighted by Gasteiger charge is 2.15. The van der Waals surface area contributed by atoms with Crippen LogP contribution in [-0.4, -0.2) is 15.0 Å². The Morgan fingerprint density at radius 2 is 0.627 bits per heavy atom. The maximum Gasteiger partial charge on any atom is 0.164 e. The van der Waals surface area contributed by atoms with Crippen molar-refractivity contribution in [3.8, 4) is 67.5 Å². The van der Waals surface area contributed by atoms with Crippen LogP contribution in [0.25, 0.3) is 79.7 Å². The van der Waals surface area contributed by atoms with Crippen LogP contribution < -0.4 is 0 Å². The second-order valence-corrected chi connectivity index (χ2v) is 13.6. The van der Waals surface area contributed by atoms with Crippen molar-refractivity contribution in [1.82, 2.24) is 15.0 Å². The van der Waals surface area contributed by atoms with E-state index in [0.29, 0.717) is 17.5 Å². The Bertz CT molecular complexity index is 2410. The molecule has 0 aliphatic carbocycles. The van der Waals surface area contributed by atoms with Crippen LogP contribution in [-0.2, 0) is 0 Å². The molecule has 7 aromatic carbocycles. The van der Waals surface area contributed by atoms with Crippen LogP contribution in [0, 0.1) is 0 Å². The first-order valence-electron chi connectivity index (χ1n) is 17.0. The summed E-state index contributed by atoms with van der Waals surface area (Å²) in [6.07, 6.45) is 4.43. The third-order valence-corrected chi connectivity index (χ3v) is 10.4. The zero-order valence-corrected chi connectivity index (χ0v) is 28.5. The van der Waals surface area contributed by atoms with Gasteiger partial charge in [-0.3, -0.25) is 0 Å². The minimum atomic E-state index is 0.639. The van der Waals surface area contributed by atoms with E-state index >= 15 is 0 Å². The summed E-state index contributed by atoms with van der Waals surface area (Å²) in [5.74, 6) is 1.92. The van der Waals surface area contributed by atoms with E-state index in [4.69, 9.17) is 15.0 Å². The molecular weight excluding hydrogens is 639 g/mol. The maximum absolute atomic E-state index is 5.02. The van der Waals surface area contributed by atoms with Gasteiger partial charge in [0, 0.05) is 26.5 Å². The molecule has 0 radical (unpaired) electrons. The molecule has 2 heterocycles. The first kappa shape index (κ1) is 30.7. The summed E-state index contributed by atoms with van der Waals surface area (Å²) < 4.78 is 0. The third-order valence-electron chi connectivity index (χ3n) is 9.20. The quantitative estimate of drug-likeness (QED) is 0.177. The van der Waals surface area contributed by atoms with Crippen LogP contribution in [0.2, 0.25) is 0 Å². The van der Waals surface area contributed by atoms with E-state index in [9.17, 15) is 0 Å². The summed E-state index contributed by atoms with van der Waals surface area (Å²) in [5.41, 5.74) is 12.3. The Labute approximate surface area is 302 Å². The predicted molar refractivity (Wildman–Crippen MR) is 212 cm³/mol. The molecule has 0 saturated heterocycles. The standard InChI is InChI=1S/C47H31N3S/c1-3-9-32(10-4-1)34-15-22-38(23-16-34)45-48-46(39-24-17-35(18-25-39)33-11-5-2-6-12-33)50-47(49-45)40-26-19-36(20-27-40)41-29-30-44-42(31-41)28-21-37-13-7-8-14-43(37)51-44/h1-31H. The van der Waals surface area contributed by atoms with E-state index in [1.807, 2.05) is 23.9 Å². The summed E-state index contributed by atoms with van der Waals surface area (Å²) >= 11 is 1.82. The van der Waals surface area contributed by atoms with Crippen molar-refractivity contribution in [3.05, 3.63) is 187 Å². The van der Waals surface area contributed by atoms with Gasteiger partial charge in [0.2, 0.25) is 0 Å². The second kappa shape index (κ2) is 13.5. The molecule has 0 bridgehead atoms. The van der Waals surface area contributed by atoms with E-state index in [2.05, 4.69) is 176 Å². The van der Waals surface area contributed by atoms with Gasteiger partial charge in [0.25, 0.3) is 0 Å². The minimum absolute atomic E-state index is 0.639. The normalized spacial score (nSPS) is 11.8. The Morgan fingerprint density at radius 1 is 0.275 bits per heavy atom. The molecule has 0 unspecified atom stereocenters. The van der Waals surface area contributed by atoms with Crippen LogP contribution in [0.15, 0.2) is 186 Å². The van der Waals surface area contributed by atoms with Crippen molar-refractivity contribution in [1.29, 1.82) is 0 Å². The van der Waals surface area contributed by atoms with Gasteiger partial charge >= 0.3 is 0 Å². The number of nitrogens with zero attached hydrogens (tertiary/aromatic N) is 3.